The van der Waals surface area contributed by atoms with Crippen LogP contribution in [0, 0.1) is 17.8 Å². The molecule has 0 amide bonds. The molecule has 11 nitrogen and oxygen atoms in total. The first-order valence-electron chi connectivity index (χ1n) is 12.8. The first-order valence-corrected chi connectivity index (χ1v) is 12.8. The van der Waals surface area contributed by atoms with Gasteiger partial charge in [0.1, 0.15) is 6.04 Å². The van der Waals surface area contributed by atoms with E-state index in [4.69, 9.17) is 29.4 Å². The van der Waals surface area contributed by atoms with Crippen LogP contribution in [0.1, 0.15) is 72.3 Å². The van der Waals surface area contributed by atoms with Crippen LogP contribution in [0.4, 0.5) is 9.59 Å². The van der Waals surface area contributed by atoms with E-state index in [9.17, 15) is 24.3 Å². The fraction of sp³-hybridized carbons (Fsp3) is 0.630. The van der Waals surface area contributed by atoms with E-state index in [1.807, 2.05) is 34.6 Å². The highest BCUT2D eigenvalue weighted by atomic mass is 16.7. The lowest BCUT2D eigenvalue weighted by Gasteiger charge is -2.28. The molecule has 38 heavy (non-hydrogen) atoms. The lowest BCUT2D eigenvalue weighted by molar-refractivity contribution is -0.145. The second-order valence-corrected chi connectivity index (χ2v) is 9.97. The average molecular weight is 540 g/mol. The van der Waals surface area contributed by atoms with Crippen molar-refractivity contribution < 1.29 is 48.0 Å². The molecular weight excluding hydrogens is 498 g/mol. The van der Waals surface area contributed by atoms with Crippen molar-refractivity contribution in [1.29, 1.82) is 0 Å². The van der Waals surface area contributed by atoms with Crippen molar-refractivity contribution in [3.63, 3.8) is 0 Å². The minimum absolute atomic E-state index is 0.0504. The number of hydrogen-bond donors (Lipinski definition) is 2. The summed E-state index contributed by atoms with van der Waals surface area (Å²) in [6.07, 6.45) is -0.265. The molecule has 0 aliphatic carbocycles. The summed E-state index contributed by atoms with van der Waals surface area (Å²) in [5.41, 5.74) is 6.39. The van der Waals surface area contributed by atoms with Crippen molar-refractivity contribution in [2.45, 2.75) is 72.8 Å². The summed E-state index contributed by atoms with van der Waals surface area (Å²) in [6, 6.07) is 2.83. The molecule has 1 aromatic rings. The Hall–Kier alpha value is -3.34. The van der Waals surface area contributed by atoms with Crippen molar-refractivity contribution in [3.05, 3.63) is 23.8 Å². The van der Waals surface area contributed by atoms with Crippen molar-refractivity contribution in [2.24, 2.45) is 23.5 Å². The van der Waals surface area contributed by atoms with E-state index >= 15 is 0 Å². The molecule has 0 radical (unpaired) electrons. The van der Waals surface area contributed by atoms with Crippen molar-refractivity contribution in [1.82, 2.24) is 0 Å². The number of carbonyl (C=O) groups is 4. The number of hydrogen-bond acceptors (Lipinski definition) is 10. The van der Waals surface area contributed by atoms with E-state index in [1.165, 1.54) is 18.2 Å². The molecule has 2 unspecified atom stereocenters. The molecule has 1 rings (SSSR count). The number of esters is 1. The van der Waals surface area contributed by atoms with Crippen LogP contribution in [-0.4, -0.2) is 55.2 Å². The summed E-state index contributed by atoms with van der Waals surface area (Å²) in [5.74, 6) is -3.22. The highest BCUT2D eigenvalue weighted by Gasteiger charge is 2.33. The highest BCUT2D eigenvalue weighted by Crippen LogP contribution is 2.36. The molecule has 3 atom stereocenters. The van der Waals surface area contributed by atoms with Crippen molar-refractivity contribution in [3.8, 4) is 11.5 Å². The standard InChI is InChI=1S/C27H41NO10/c1-7-8-9-22(29)34-15-18(6)23(24(28)25(30)31)19-10-11-20(37-26(32)35-13-16(2)3)21(12-19)38-27(33)36-14-17(4)5/h10-12,16-18,23-24H,7-9,13-15,28H2,1-6H3,(H,30,31)/t18?,23?,24-/m0/s1. The highest BCUT2D eigenvalue weighted by molar-refractivity contribution is 5.75. The van der Waals surface area contributed by atoms with Crippen LogP contribution in [0.2, 0.25) is 0 Å². The van der Waals surface area contributed by atoms with Crippen LogP contribution >= 0.6 is 0 Å². The first-order chi connectivity index (χ1) is 17.8. The number of benzene rings is 1. The average Bonchev–Trinajstić information content (AvgIpc) is 2.85. The van der Waals surface area contributed by atoms with Gasteiger partial charge in [-0.05, 0) is 41.9 Å². The van der Waals surface area contributed by atoms with Gasteiger partial charge >= 0.3 is 24.2 Å². The lowest BCUT2D eigenvalue weighted by Crippen LogP contribution is -2.40. The summed E-state index contributed by atoms with van der Waals surface area (Å²) < 4.78 is 26.0. The van der Waals surface area contributed by atoms with Gasteiger partial charge in [-0.15, -0.1) is 0 Å². The third kappa shape index (κ3) is 11.8. The lowest BCUT2D eigenvalue weighted by atomic mass is 9.82. The molecule has 214 valence electrons. The predicted octanol–water partition coefficient (Wildman–Crippen LogP) is 4.89. The molecular formula is C27H41NO10. The van der Waals surface area contributed by atoms with Gasteiger partial charge < -0.3 is 34.5 Å². The van der Waals surface area contributed by atoms with Gasteiger partial charge in [-0.1, -0.05) is 54.0 Å². The molecule has 0 aliphatic heterocycles. The Bertz CT molecular complexity index is 930. The van der Waals surface area contributed by atoms with E-state index in [2.05, 4.69) is 0 Å². The largest absolute Gasteiger partial charge is 0.513 e. The summed E-state index contributed by atoms with van der Waals surface area (Å²) in [4.78, 5) is 48.3. The van der Waals surface area contributed by atoms with Crippen molar-refractivity contribution in [2.75, 3.05) is 19.8 Å². The summed E-state index contributed by atoms with van der Waals surface area (Å²) in [5, 5.41) is 9.65. The SMILES string of the molecule is CCCCC(=O)OCC(C)C(c1ccc(OC(=O)OCC(C)C)c(OC(=O)OCC(C)C)c1)[C@H](N)C(=O)O. The van der Waals surface area contributed by atoms with Crippen LogP contribution < -0.4 is 15.2 Å². The van der Waals surface area contributed by atoms with Gasteiger partial charge in [-0.3, -0.25) is 9.59 Å². The molecule has 1 aromatic carbocycles. The van der Waals surface area contributed by atoms with Crippen LogP contribution in [0.3, 0.4) is 0 Å². The van der Waals surface area contributed by atoms with E-state index in [1.54, 1.807) is 6.92 Å². The quantitative estimate of drug-likeness (QED) is 0.177. The number of unbranched alkanes of at least 4 members (excludes halogenated alkanes) is 1. The second-order valence-electron chi connectivity index (χ2n) is 9.97. The molecule has 0 aliphatic rings. The predicted molar refractivity (Wildman–Crippen MR) is 138 cm³/mol. The Morgan fingerprint density at radius 2 is 1.39 bits per heavy atom. The minimum atomic E-state index is -1.37. The zero-order valence-corrected chi connectivity index (χ0v) is 23.1. The number of ether oxygens (including phenoxy) is 5. The number of nitrogens with two attached hydrogens (primary N) is 1. The van der Waals surface area contributed by atoms with Crippen LogP contribution in [-0.2, 0) is 23.8 Å². The molecule has 0 bridgehead atoms. The summed E-state index contributed by atoms with van der Waals surface area (Å²) in [6.45, 7) is 11.2. The number of rotatable bonds is 15. The van der Waals surface area contributed by atoms with Crippen LogP contribution in [0.5, 0.6) is 11.5 Å². The van der Waals surface area contributed by atoms with Crippen molar-refractivity contribution >= 4 is 24.2 Å². The number of carboxylic acid groups (broad SMARTS) is 1. The monoisotopic (exact) mass is 539 g/mol. The van der Waals surface area contributed by atoms with Gasteiger partial charge in [0.15, 0.2) is 11.5 Å². The van der Waals surface area contributed by atoms with E-state index in [0.29, 0.717) is 12.0 Å². The van der Waals surface area contributed by atoms with E-state index < -0.39 is 36.2 Å². The van der Waals surface area contributed by atoms with Gasteiger partial charge in [-0.25, -0.2) is 9.59 Å². The fourth-order valence-electron chi connectivity index (χ4n) is 3.37. The fourth-order valence-corrected chi connectivity index (χ4v) is 3.37. The maximum atomic E-state index is 12.3. The van der Waals surface area contributed by atoms with Crippen LogP contribution in [0.25, 0.3) is 0 Å². The maximum absolute atomic E-state index is 12.3. The molecule has 0 fully saturated rings. The number of carboxylic acids is 1. The molecule has 0 saturated heterocycles. The maximum Gasteiger partial charge on any atom is 0.513 e. The van der Waals surface area contributed by atoms with Gasteiger partial charge in [-0.2, -0.15) is 0 Å². The molecule has 0 saturated carbocycles. The van der Waals surface area contributed by atoms with Gasteiger partial charge in [0.05, 0.1) is 19.8 Å². The molecule has 0 aromatic heterocycles. The topological polar surface area (TPSA) is 161 Å². The third-order valence-corrected chi connectivity index (χ3v) is 5.34. The molecule has 0 spiro atoms. The molecule has 0 heterocycles. The van der Waals surface area contributed by atoms with Gasteiger partial charge in [0, 0.05) is 12.3 Å². The Labute approximate surface area is 223 Å². The Morgan fingerprint density at radius 3 is 1.89 bits per heavy atom. The molecule has 3 N–H and O–H groups in total. The van der Waals surface area contributed by atoms with Gasteiger partial charge in [0.25, 0.3) is 0 Å². The second kappa shape index (κ2) is 16.5. The smallest absolute Gasteiger partial charge is 0.480 e. The third-order valence-electron chi connectivity index (χ3n) is 5.34. The summed E-state index contributed by atoms with van der Waals surface area (Å²) >= 11 is 0. The zero-order valence-electron chi connectivity index (χ0n) is 23.1. The minimum Gasteiger partial charge on any atom is -0.480 e. The Kier molecular flexibility index (Phi) is 14.2. The molecule has 11 heteroatoms. The zero-order chi connectivity index (χ0) is 28.8. The Morgan fingerprint density at radius 1 is 0.842 bits per heavy atom. The number of carbonyl (C=O) groups excluding carboxylic acids is 3. The van der Waals surface area contributed by atoms with E-state index in [-0.39, 0.29) is 55.5 Å². The first kappa shape index (κ1) is 32.7. The van der Waals surface area contributed by atoms with E-state index in [0.717, 1.165) is 6.42 Å². The summed E-state index contributed by atoms with van der Waals surface area (Å²) in [7, 11) is 0. The van der Waals surface area contributed by atoms with Crippen LogP contribution in [0.15, 0.2) is 18.2 Å². The van der Waals surface area contributed by atoms with Gasteiger partial charge in [0.2, 0.25) is 0 Å². The Balaban J connectivity index is 3.29. The number of aliphatic carboxylic acids is 1. The normalized spacial score (nSPS) is 13.4.